The molecule has 0 heterocycles. The van der Waals surface area contributed by atoms with Crippen molar-refractivity contribution in [2.24, 2.45) is 0 Å². The molecule has 21 heavy (non-hydrogen) atoms. The van der Waals surface area contributed by atoms with Crippen LogP contribution in [0, 0.1) is 0 Å². The Balaban J connectivity index is 2.32. The fourth-order valence-corrected chi connectivity index (χ4v) is 2.13. The van der Waals surface area contributed by atoms with Crippen molar-refractivity contribution in [3.63, 3.8) is 0 Å². The molecule has 5 heteroatoms. The van der Waals surface area contributed by atoms with Crippen LogP contribution in [0.3, 0.4) is 0 Å². The van der Waals surface area contributed by atoms with Crippen LogP contribution in [0.2, 0.25) is 0 Å². The molecule has 0 aromatic heterocycles. The van der Waals surface area contributed by atoms with Crippen LogP contribution in [0.5, 0.6) is 0 Å². The van der Waals surface area contributed by atoms with E-state index < -0.39 is 11.9 Å². The van der Waals surface area contributed by atoms with E-state index in [9.17, 15) is 9.59 Å². The van der Waals surface area contributed by atoms with Gasteiger partial charge in [0.15, 0.2) is 0 Å². The highest BCUT2D eigenvalue weighted by molar-refractivity contribution is 9.10. The molecule has 0 saturated carbocycles. The Morgan fingerprint density at radius 3 is 2.24 bits per heavy atom. The van der Waals surface area contributed by atoms with Crippen molar-refractivity contribution >= 4 is 33.5 Å². The molecule has 2 aromatic carbocycles. The maximum atomic E-state index is 12.2. The van der Waals surface area contributed by atoms with Crippen LogP contribution in [0.4, 0.5) is 5.69 Å². The molecule has 2 aromatic rings. The Hall–Kier alpha value is -2.14. The van der Waals surface area contributed by atoms with E-state index in [4.69, 9.17) is 0 Å². The predicted molar refractivity (Wildman–Crippen MR) is 83.8 cm³/mol. The molecule has 0 spiro atoms. The van der Waals surface area contributed by atoms with Gasteiger partial charge in [0.05, 0.1) is 13.7 Å². The molecule has 0 aliphatic rings. The maximum absolute atomic E-state index is 12.2. The van der Waals surface area contributed by atoms with E-state index in [1.165, 1.54) is 12.0 Å². The molecular weight excluding hydrogens is 334 g/mol. The fourth-order valence-electron chi connectivity index (χ4n) is 1.86. The van der Waals surface area contributed by atoms with Gasteiger partial charge in [-0.15, -0.1) is 0 Å². The van der Waals surface area contributed by atoms with Crippen LogP contribution in [0.1, 0.15) is 5.56 Å². The number of hydrogen-bond donors (Lipinski definition) is 0. The number of halogens is 1. The smallest absolute Gasteiger partial charge is 0.397 e. The van der Waals surface area contributed by atoms with Crippen molar-refractivity contribution in [1.82, 2.24) is 0 Å². The lowest BCUT2D eigenvalue weighted by Gasteiger charge is -2.21. The third-order valence-corrected chi connectivity index (χ3v) is 3.46. The summed E-state index contributed by atoms with van der Waals surface area (Å²) in [6.45, 7) is 0.302. The molecule has 0 N–H and O–H groups in total. The van der Waals surface area contributed by atoms with Crippen LogP contribution in [0.25, 0.3) is 0 Å². The van der Waals surface area contributed by atoms with Gasteiger partial charge < -0.3 is 4.74 Å². The molecule has 108 valence electrons. The zero-order chi connectivity index (χ0) is 15.2. The van der Waals surface area contributed by atoms with E-state index in [0.717, 1.165) is 10.0 Å². The first-order valence-electron chi connectivity index (χ1n) is 6.31. The highest BCUT2D eigenvalue weighted by Crippen LogP contribution is 2.21. The van der Waals surface area contributed by atoms with Crippen LogP contribution in [0.15, 0.2) is 59.1 Å². The Morgan fingerprint density at radius 2 is 1.67 bits per heavy atom. The molecule has 4 nitrogen and oxygen atoms in total. The number of ether oxygens (including phenoxy) is 1. The summed E-state index contributed by atoms with van der Waals surface area (Å²) in [5.74, 6) is -1.57. The molecule has 0 radical (unpaired) electrons. The number of hydrogen-bond acceptors (Lipinski definition) is 3. The lowest BCUT2D eigenvalue weighted by molar-refractivity contribution is -0.151. The van der Waals surface area contributed by atoms with E-state index in [-0.39, 0.29) is 0 Å². The van der Waals surface area contributed by atoms with Crippen LogP contribution >= 0.6 is 15.9 Å². The van der Waals surface area contributed by atoms with Crippen molar-refractivity contribution in [2.45, 2.75) is 6.54 Å². The third kappa shape index (κ3) is 3.92. The lowest BCUT2D eigenvalue weighted by Crippen LogP contribution is -2.36. The van der Waals surface area contributed by atoms with Gasteiger partial charge in [-0.3, -0.25) is 9.69 Å². The quantitative estimate of drug-likeness (QED) is 0.632. The molecule has 0 aliphatic heterocycles. The van der Waals surface area contributed by atoms with Gasteiger partial charge in [-0.05, 0) is 29.8 Å². The second-order valence-electron chi connectivity index (χ2n) is 4.34. The van der Waals surface area contributed by atoms with E-state index in [1.54, 1.807) is 12.1 Å². The first kappa shape index (κ1) is 15.3. The molecule has 0 saturated heterocycles. The van der Waals surface area contributed by atoms with Crippen molar-refractivity contribution < 1.29 is 14.3 Å². The number of benzene rings is 2. The Morgan fingerprint density at radius 1 is 1.05 bits per heavy atom. The second-order valence-corrected chi connectivity index (χ2v) is 5.26. The summed E-state index contributed by atoms with van der Waals surface area (Å²) in [4.78, 5) is 25.2. The zero-order valence-corrected chi connectivity index (χ0v) is 13.0. The van der Waals surface area contributed by atoms with Gasteiger partial charge in [0, 0.05) is 10.2 Å². The summed E-state index contributed by atoms with van der Waals surface area (Å²) in [5, 5.41) is 0. The van der Waals surface area contributed by atoms with Gasteiger partial charge in [-0.2, -0.15) is 0 Å². The lowest BCUT2D eigenvalue weighted by atomic mass is 10.2. The van der Waals surface area contributed by atoms with E-state index in [1.807, 2.05) is 42.5 Å². The van der Waals surface area contributed by atoms with Gasteiger partial charge in [-0.25, -0.2) is 4.79 Å². The highest BCUT2D eigenvalue weighted by Gasteiger charge is 2.24. The zero-order valence-electron chi connectivity index (χ0n) is 11.5. The van der Waals surface area contributed by atoms with Gasteiger partial charge >= 0.3 is 11.9 Å². The topological polar surface area (TPSA) is 46.6 Å². The molecule has 0 bridgehead atoms. The summed E-state index contributed by atoms with van der Waals surface area (Å²) < 4.78 is 5.44. The van der Waals surface area contributed by atoms with Crippen LogP contribution < -0.4 is 4.90 Å². The van der Waals surface area contributed by atoms with Crippen molar-refractivity contribution in [3.8, 4) is 0 Å². The van der Waals surface area contributed by atoms with Crippen molar-refractivity contribution in [2.75, 3.05) is 12.0 Å². The number of amides is 1. The second kappa shape index (κ2) is 7.04. The first-order chi connectivity index (χ1) is 10.1. The Labute approximate surface area is 131 Å². The number of esters is 1. The monoisotopic (exact) mass is 347 g/mol. The van der Waals surface area contributed by atoms with Gasteiger partial charge in [0.1, 0.15) is 0 Å². The predicted octanol–water partition coefficient (Wildman–Crippen LogP) is 3.16. The number of rotatable bonds is 3. The van der Waals surface area contributed by atoms with E-state index in [0.29, 0.717) is 12.2 Å². The van der Waals surface area contributed by atoms with E-state index >= 15 is 0 Å². The van der Waals surface area contributed by atoms with Crippen LogP contribution in [-0.4, -0.2) is 19.0 Å². The SMILES string of the molecule is COC(=O)C(=O)N(Cc1ccccc1)c1ccc(Br)cc1. The Kier molecular flexibility index (Phi) is 5.11. The van der Waals surface area contributed by atoms with Crippen LogP contribution in [-0.2, 0) is 20.9 Å². The minimum Gasteiger partial charge on any atom is -0.462 e. The molecule has 0 aliphatic carbocycles. The minimum atomic E-state index is -0.881. The standard InChI is InChI=1S/C16H14BrNO3/c1-21-16(20)15(19)18(11-12-5-3-2-4-6-12)14-9-7-13(17)8-10-14/h2-10H,11H2,1H3. The van der Waals surface area contributed by atoms with E-state index in [2.05, 4.69) is 20.7 Å². The normalized spacial score (nSPS) is 10.0. The summed E-state index contributed by atoms with van der Waals surface area (Å²) in [7, 11) is 1.20. The Bertz CT molecular complexity index is 626. The molecule has 1 amide bonds. The third-order valence-electron chi connectivity index (χ3n) is 2.93. The molecule has 0 atom stereocenters. The largest absolute Gasteiger partial charge is 0.462 e. The van der Waals surface area contributed by atoms with Gasteiger partial charge in [0.25, 0.3) is 0 Å². The van der Waals surface area contributed by atoms with Crippen molar-refractivity contribution in [1.29, 1.82) is 0 Å². The average Bonchev–Trinajstić information content (AvgIpc) is 2.53. The summed E-state index contributed by atoms with van der Waals surface area (Å²) in [6.07, 6.45) is 0. The summed E-state index contributed by atoms with van der Waals surface area (Å²) in [6, 6.07) is 16.6. The summed E-state index contributed by atoms with van der Waals surface area (Å²) in [5.41, 5.74) is 1.56. The molecule has 0 fully saturated rings. The fraction of sp³-hybridized carbons (Fsp3) is 0.125. The first-order valence-corrected chi connectivity index (χ1v) is 7.10. The molecule has 2 rings (SSSR count). The maximum Gasteiger partial charge on any atom is 0.397 e. The number of anilines is 1. The minimum absolute atomic E-state index is 0.302. The van der Waals surface area contributed by atoms with Gasteiger partial charge in [0.2, 0.25) is 0 Å². The molecular formula is C16H14BrNO3. The van der Waals surface area contributed by atoms with Gasteiger partial charge in [-0.1, -0.05) is 46.3 Å². The number of carbonyl (C=O) groups excluding carboxylic acids is 2. The number of methoxy groups -OCH3 is 1. The van der Waals surface area contributed by atoms with Crippen molar-refractivity contribution in [3.05, 3.63) is 64.6 Å². The average molecular weight is 348 g/mol. The highest BCUT2D eigenvalue weighted by atomic mass is 79.9. The molecule has 0 unspecified atom stereocenters. The summed E-state index contributed by atoms with van der Waals surface area (Å²) >= 11 is 3.35. The number of nitrogens with zero attached hydrogens (tertiary/aromatic N) is 1. The number of carbonyl (C=O) groups is 2.